The Morgan fingerprint density at radius 2 is 2.03 bits per heavy atom. The van der Waals surface area contributed by atoms with Gasteiger partial charge in [0.1, 0.15) is 11.4 Å². The van der Waals surface area contributed by atoms with Gasteiger partial charge in [0.2, 0.25) is 5.91 Å². The molecule has 5 N–H and O–H groups in total. The second-order valence-corrected chi connectivity index (χ2v) is 9.17. The van der Waals surface area contributed by atoms with Gasteiger partial charge in [0.05, 0.1) is 11.3 Å². The number of carboxylic acid groups (broad SMARTS) is 1. The first-order valence-corrected chi connectivity index (χ1v) is 9.65. The van der Waals surface area contributed by atoms with Crippen LogP contribution in [-0.4, -0.2) is 70.1 Å². The molecular formula is C16H16N4O8S. The largest absolute Gasteiger partial charge is 0.480 e. The lowest BCUT2D eigenvalue weighted by molar-refractivity contribution is -0.153. The van der Waals surface area contributed by atoms with Crippen LogP contribution in [0.4, 0.5) is 4.79 Å². The molecule has 0 spiro atoms. The van der Waals surface area contributed by atoms with E-state index in [0.29, 0.717) is 4.90 Å². The Balaban J connectivity index is 2.07. The third kappa shape index (κ3) is 2.90. The number of nitrogens with zero attached hydrogens (tertiary/aromatic N) is 2. The predicted molar refractivity (Wildman–Crippen MR) is 95.6 cm³/mol. The van der Waals surface area contributed by atoms with E-state index in [-0.39, 0.29) is 16.8 Å². The molecule has 1 aromatic rings. The number of aromatic nitrogens is 1. The van der Waals surface area contributed by atoms with Crippen LogP contribution in [0.5, 0.6) is 0 Å². The van der Waals surface area contributed by atoms with Crippen LogP contribution in [0.3, 0.4) is 0 Å². The molecule has 3 amide bonds. The molecule has 2 saturated heterocycles. The number of hydrogen-bond acceptors (Lipinski definition) is 8. The number of pyridine rings is 1. The van der Waals surface area contributed by atoms with Crippen molar-refractivity contribution in [2.45, 2.75) is 23.1 Å². The lowest BCUT2D eigenvalue weighted by Gasteiger charge is -2.37. The first-order chi connectivity index (χ1) is 13.4. The van der Waals surface area contributed by atoms with Gasteiger partial charge in [-0.05, 0) is 25.1 Å². The number of nitrogens with two attached hydrogens (primary N) is 2. The van der Waals surface area contributed by atoms with Gasteiger partial charge in [-0.15, -0.1) is 0 Å². The molecule has 2 aliphatic rings. The van der Waals surface area contributed by atoms with Gasteiger partial charge >= 0.3 is 12.1 Å². The first-order valence-electron chi connectivity index (χ1n) is 8.10. The standard InChI is InChI=1S/C16H16N4O8S/c1-16(6-28-15(18)25)10(14(23)24)20-12(22)9(13(20)29(16,26)27)5-8-4-7(11(17)21)2-3-19-8/h2-5,10,13H,6H2,1H3,(H2,17,21)(H2,18,25)(H,23,24)/b9-5-/t10-,13+,16-/m0/s1. The zero-order valence-corrected chi connectivity index (χ0v) is 15.8. The molecule has 0 saturated carbocycles. The molecule has 0 aromatic carbocycles. The number of primary amides is 2. The number of carboxylic acids is 1. The lowest BCUT2D eigenvalue weighted by atomic mass is 9.94. The molecule has 2 aliphatic heterocycles. The Morgan fingerprint density at radius 3 is 2.59 bits per heavy atom. The highest BCUT2D eigenvalue weighted by atomic mass is 32.2. The van der Waals surface area contributed by atoms with Crippen molar-refractivity contribution in [3.8, 4) is 0 Å². The van der Waals surface area contributed by atoms with E-state index < -0.39 is 56.5 Å². The summed E-state index contributed by atoms with van der Waals surface area (Å²) in [5, 5.41) is 7.97. The molecule has 0 aliphatic carbocycles. The van der Waals surface area contributed by atoms with Crippen molar-refractivity contribution in [2.75, 3.05) is 6.61 Å². The molecule has 29 heavy (non-hydrogen) atoms. The predicted octanol–water partition coefficient (Wildman–Crippen LogP) is -1.53. The molecule has 2 fully saturated rings. The number of carbonyl (C=O) groups is 4. The molecule has 3 heterocycles. The zero-order valence-electron chi connectivity index (χ0n) is 14.9. The van der Waals surface area contributed by atoms with Crippen LogP contribution in [0.15, 0.2) is 23.9 Å². The highest BCUT2D eigenvalue weighted by Crippen LogP contribution is 2.49. The zero-order chi connectivity index (χ0) is 21.7. The molecule has 13 heteroatoms. The number of amides is 3. The molecule has 3 atom stereocenters. The number of sulfone groups is 1. The maximum Gasteiger partial charge on any atom is 0.404 e. The van der Waals surface area contributed by atoms with Gasteiger partial charge < -0.3 is 26.2 Å². The second-order valence-electron chi connectivity index (χ2n) is 6.70. The fraction of sp³-hybridized carbons (Fsp3) is 0.312. The van der Waals surface area contributed by atoms with E-state index in [0.717, 1.165) is 13.0 Å². The number of fused-ring (bicyclic) bond motifs is 1. The van der Waals surface area contributed by atoms with Crippen LogP contribution >= 0.6 is 0 Å². The summed E-state index contributed by atoms with van der Waals surface area (Å²) >= 11 is 0. The summed E-state index contributed by atoms with van der Waals surface area (Å²) in [5.41, 5.74) is 10.0. The normalized spacial score (nSPS) is 28.5. The number of ether oxygens (including phenoxy) is 1. The molecule has 3 rings (SSSR count). The number of hydrogen-bond donors (Lipinski definition) is 3. The van der Waals surface area contributed by atoms with Gasteiger partial charge in [-0.25, -0.2) is 18.0 Å². The molecular weight excluding hydrogens is 408 g/mol. The van der Waals surface area contributed by atoms with Crippen LogP contribution in [-0.2, 0) is 24.2 Å². The van der Waals surface area contributed by atoms with E-state index in [9.17, 15) is 32.7 Å². The van der Waals surface area contributed by atoms with Gasteiger partial charge in [0.15, 0.2) is 21.3 Å². The fourth-order valence-electron chi connectivity index (χ4n) is 3.45. The van der Waals surface area contributed by atoms with Gasteiger partial charge in [-0.3, -0.25) is 14.6 Å². The Kier molecular flexibility index (Phi) is 4.57. The third-order valence-electron chi connectivity index (χ3n) is 4.90. The number of rotatable bonds is 5. The van der Waals surface area contributed by atoms with E-state index in [4.69, 9.17) is 11.5 Å². The summed E-state index contributed by atoms with van der Waals surface area (Å²) in [7, 11) is -4.34. The molecule has 154 valence electrons. The molecule has 0 radical (unpaired) electrons. The van der Waals surface area contributed by atoms with E-state index in [2.05, 4.69) is 9.72 Å². The van der Waals surface area contributed by atoms with Crippen molar-refractivity contribution in [3.05, 3.63) is 35.2 Å². The SMILES string of the molecule is C[C@]1(COC(N)=O)[C@H](C(=O)O)N2C(=O)/C(=C/c3cc(C(N)=O)ccn3)[C@H]2S1(=O)=O. The molecule has 0 bridgehead atoms. The quantitative estimate of drug-likeness (QED) is 0.370. The van der Waals surface area contributed by atoms with Crippen molar-refractivity contribution in [2.24, 2.45) is 11.5 Å². The van der Waals surface area contributed by atoms with Gasteiger partial charge in [0, 0.05) is 11.8 Å². The molecule has 1 aromatic heterocycles. The van der Waals surface area contributed by atoms with Crippen LogP contribution in [0.1, 0.15) is 23.0 Å². The van der Waals surface area contributed by atoms with Crippen LogP contribution < -0.4 is 11.5 Å². The van der Waals surface area contributed by atoms with Crippen LogP contribution in [0.2, 0.25) is 0 Å². The number of β-lactam (4-membered cyclic amide) rings is 1. The highest BCUT2D eigenvalue weighted by Gasteiger charge is 2.72. The van der Waals surface area contributed by atoms with Crippen LogP contribution in [0.25, 0.3) is 6.08 Å². The minimum atomic E-state index is -4.34. The topological polar surface area (TPSA) is 200 Å². The van der Waals surface area contributed by atoms with Crippen molar-refractivity contribution < 1.29 is 37.4 Å². The third-order valence-corrected chi connectivity index (χ3v) is 7.61. The van der Waals surface area contributed by atoms with Crippen LogP contribution in [0, 0.1) is 0 Å². The number of aliphatic carboxylic acids is 1. The Hall–Kier alpha value is -3.48. The van der Waals surface area contributed by atoms with Gasteiger partial charge in [-0.2, -0.15) is 0 Å². The van der Waals surface area contributed by atoms with Crippen molar-refractivity contribution >= 4 is 39.8 Å². The Labute approximate surface area is 164 Å². The maximum absolute atomic E-state index is 13.1. The summed E-state index contributed by atoms with van der Waals surface area (Å²) in [6, 6.07) is 0.813. The van der Waals surface area contributed by atoms with Crippen molar-refractivity contribution in [1.82, 2.24) is 9.88 Å². The summed E-state index contributed by atoms with van der Waals surface area (Å²) in [6.07, 6.45) is 1.11. The minimum Gasteiger partial charge on any atom is -0.480 e. The van der Waals surface area contributed by atoms with E-state index in [1.54, 1.807) is 0 Å². The van der Waals surface area contributed by atoms with Gasteiger partial charge in [-0.1, -0.05) is 0 Å². The second kappa shape index (κ2) is 6.55. The lowest BCUT2D eigenvalue weighted by Crippen LogP contribution is -2.59. The maximum atomic E-state index is 13.1. The Morgan fingerprint density at radius 1 is 1.38 bits per heavy atom. The molecule has 0 unspecified atom stereocenters. The average Bonchev–Trinajstić information content (AvgIpc) is 2.80. The summed E-state index contributed by atoms with van der Waals surface area (Å²) in [6.45, 7) is 0.226. The van der Waals surface area contributed by atoms with Crippen molar-refractivity contribution in [1.29, 1.82) is 0 Å². The van der Waals surface area contributed by atoms with E-state index in [1.165, 1.54) is 18.3 Å². The molecule has 12 nitrogen and oxygen atoms in total. The van der Waals surface area contributed by atoms with E-state index >= 15 is 0 Å². The average molecular weight is 424 g/mol. The summed E-state index contributed by atoms with van der Waals surface area (Å²) in [5.74, 6) is -3.16. The smallest absolute Gasteiger partial charge is 0.404 e. The van der Waals surface area contributed by atoms with Gasteiger partial charge in [0.25, 0.3) is 5.91 Å². The summed E-state index contributed by atoms with van der Waals surface area (Å²) in [4.78, 5) is 51.2. The monoisotopic (exact) mass is 424 g/mol. The first kappa shape index (κ1) is 20.3. The summed E-state index contributed by atoms with van der Waals surface area (Å²) < 4.78 is 28.7. The van der Waals surface area contributed by atoms with Crippen molar-refractivity contribution in [3.63, 3.8) is 0 Å². The minimum absolute atomic E-state index is 0.0906. The van der Waals surface area contributed by atoms with E-state index in [1.807, 2.05) is 0 Å². The number of carbonyl (C=O) groups excluding carboxylic acids is 3. The highest BCUT2D eigenvalue weighted by molar-refractivity contribution is 7.94. The fourth-order valence-corrected chi connectivity index (χ4v) is 5.73. The Bertz CT molecular complexity index is 1080.